The van der Waals surface area contributed by atoms with E-state index in [1.165, 1.54) is 0 Å². The van der Waals surface area contributed by atoms with Gasteiger partial charge in [0.1, 0.15) is 0 Å². The minimum atomic E-state index is -5.02. The molecule has 13 heavy (non-hydrogen) atoms. The lowest BCUT2D eigenvalue weighted by atomic mass is 9.81. The highest BCUT2D eigenvalue weighted by atomic mass is 19.4. The lowest BCUT2D eigenvalue weighted by Gasteiger charge is -2.13. The molecule has 0 radical (unpaired) electrons. The molecule has 3 nitrogen and oxygen atoms in total. The molecule has 0 aliphatic carbocycles. The smallest absolute Gasteiger partial charge is 0.452 e. The summed E-state index contributed by atoms with van der Waals surface area (Å²) < 4.78 is 46.1. The molecule has 1 aliphatic heterocycles. The molecular weight excluding hydrogens is 186 g/mol. The normalized spacial score (nSPS) is 14.7. The monoisotopic (exact) mass is 190 g/mol. The van der Waals surface area contributed by atoms with E-state index < -0.39 is 12.4 Å². The number of nitrogens with zero attached hydrogens (tertiary/aromatic N) is 1. The van der Waals surface area contributed by atoms with Crippen molar-refractivity contribution in [3.05, 3.63) is 12.3 Å². The lowest BCUT2D eigenvalue weighted by molar-refractivity contribution is 0.171. The Morgan fingerprint density at radius 1 is 1.31 bits per heavy atom. The predicted octanol–water partition coefficient (Wildman–Crippen LogP) is 0.865. The average molecular weight is 190 g/mol. The van der Waals surface area contributed by atoms with Gasteiger partial charge in [-0.15, -0.1) is 0 Å². The highest BCUT2D eigenvalue weighted by Crippen LogP contribution is 2.28. The number of fused-ring (bicyclic) bond motifs is 1. The third kappa shape index (κ3) is 1.41. The fraction of sp³-hybridized carbons (Fsp3) is 0.167. The molecule has 0 N–H and O–H groups in total. The SMILES string of the molecule is F[B-](F)(F)c1cnc2c(c1)OCO2. The van der Waals surface area contributed by atoms with E-state index in [2.05, 4.69) is 4.98 Å². The third-order valence-corrected chi connectivity index (χ3v) is 1.63. The summed E-state index contributed by atoms with van der Waals surface area (Å²) in [6.45, 7) is -5.09. The van der Waals surface area contributed by atoms with Gasteiger partial charge >= 0.3 is 6.98 Å². The fourth-order valence-corrected chi connectivity index (χ4v) is 0.987. The number of aromatic nitrogens is 1. The molecule has 70 valence electrons. The molecule has 2 heterocycles. The van der Waals surface area contributed by atoms with Crippen LogP contribution in [-0.2, 0) is 0 Å². The van der Waals surface area contributed by atoms with Crippen molar-refractivity contribution in [2.75, 3.05) is 6.79 Å². The Labute approximate surface area is 71.5 Å². The van der Waals surface area contributed by atoms with Crippen LogP contribution in [0.5, 0.6) is 11.6 Å². The second-order valence-electron chi connectivity index (χ2n) is 2.55. The molecule has 1 aliphatic rings. The van der Waals surface area contributed by atoms with Crippen LogP contribution in [0.15, 0.2) is 12.3 Å². The first kappa shape index (κ1) is 8.21. The Morgan fingerprint density at radius 2 is 2.08 bits per heavy atom. The summed E-state index contributed by atoms with van der Waals surface area (Å²) in [4.78, 5) is 3.47. The molecule has 0 amide bonds. The highest BCUT2D eigenvalue weighted by molar-refractivity contribution is 6.73. The molecule has 0 spiro atoms. The number of pyridine rings is 1. The molecule has 0 atom stereocenters. The molecule has 1 aromatic heterocycles. The van der Waals surface area contributed by atoms with Crippen LogP contribution < -0.4 is 14.9 Å². The van der Waals surface area contributed by atoms with E-state index >= 15 is 0 Å². The van der Waals surface area contributed by atoms with Crippen LogP contribution in [-0.4, -0.2) is 18.8 Å². The quantitative estimate of drug-likeness (QED) is 0.615. The largest absolute Gasteiger partial charge is 0.511 e. The van der Waals surface area contributed by atoms with Crippen molar-refractivity contribution in [3.63, 3.8) is 0 Å². The minimum Gasteiger partial charge on any atom is -0.452 e. The van der Waals surface area contributed by atoms with Gasteiger partial charge < -0.3 is 22.4 Å². The van der Waals surface area contributed by atoms with Crippen molar-refractivity contribution < 1.29 is 22.4 Å². The molecule has 2 rings (SSSR count). The van der Waals surface area contributed by atoms with Gasteiger partial charge in [0.2, 0.25) is 6.79 Å². The van der Waals surface area contributed by atoms with Crippen LogP contribution in [0.3, 0.4) is 0 Å². The van der Waals surface area contributed by atoms with E-state index in [-0.39, 0.29) is 18.4 Å². The van der Waals surface area contributed by atoms with Crippen LogP contribution >= 0.6 is 0 Å². The topological polar surface area (TPSA) is 31.4 Å². The van der Waals surface area contributed by atoms with Gasteiger partial charge in [-0.05, 0) is 6.07 Å². The van der Waals surface area contributed by atoms with E-state index in [0.717, 1.165) is 12.3 Å². The van der Waals surface area contributed by atoms with E-state index in [4.69, 9.17) is 9.47 Å². The first-order valence-corrected chi connectivity index (χ1v) is 3.53. The summed E-state index contributed by atoms with van der Waals surface area (Å²) in [7, 11) is 0. The molecule has 0 fully saturated rings. The van der Waals surface area contributed by atoms with Gasteiger partial charge in [-0.2, -0.15) is 0 Å². The lowest BCUT2D eigenvalue weighted by Crippen LogP contribution is -2.34. The zero-order valence-corrected chi connectivity index (χ0v) is 6.34. The maximum Gasteiger partial charge on any atom is 0.511 e. The first-order valence-electron chi connectivity index (χ1n) is 3.53. The minimum absolute atomic E-state index is 0.0525. The Bertz CT molecular complexity index is 341. The van der Waals surface area contributed by atoms with Crippen molar-refractivity contribution >= 4 is 12.4 Å². The average Bonchev–Trinajstić information content (AvgIpc) is 2.47. The van der Waals surface area contributed by atoms with Crippen molar-refractivity contribution in [1.82, 2.24) is 4.98 Å². The van der Waals surface area contributed by atoms with Gasteiger partial charge in [0.25, 0.3) is 5.88 Å². The maximum atomic E-state index is 12.2. The zero-order chi connectivity index (χ0) is 9.47. The van der Waals surface area contributed by atoms with Gasteiger partial charge in [-0.1, -0.05) is 5.46 Å². The Morgan fingerprint density at radius 3 is 2.77 bits per heavy atom. The number of halogens is 3. The second-order valence-corrected chi connectivity index (χ2v) is 2.55. The van der Waals surface area contributed by atoms with Crippen molar-refractivity contribution in [2.24, 2.45) is 0 Å². The summed E-state index contributed by atoms with van der Waals surface area (Å²) >= 11 is 0. The molecular formula is C6H4BF3NO2-. The van der Waals surface area contributed by atoms with Crippen LogP contribution in [0.4, 0.5) is 12.9 Å². The Hall–Kier alpha value is -1.40. The van der Waals surface area contributed by atoms with E-state index in [1.54, 1.807) is 0 Å². The molecule has 7 heteroatoms. The summed E-state index contributed by atoms with van der Waals surface area (Å²) in [5.74, 6) is 0.167. The fourth-order valence-electron chi connectivity index (χ4n) is 0.987. The predicted molar refractivity (Wildman–Crippen MR) is 39.1 cm³/mol. The van der Waals surface area contributed by atoms with Crippen molar-refractivity contribution in [2.45, 2.75) is 0 Å². The van der Waals surface area contributed by atoms with Gasteiger partial charge in [0.15, 0.2) is 5.75 Å². The van der Waals surface area contributed by atoms with Crippen molar-refractivity contribution in [3.8, 4) is 11.6 Å². The molecule has 0 bridgehead atoms. The van der Waals surface area contributed by atoms with Crippen LogP contribution in [0.2, 0.25) is 0 Å². The summed E-state index contributed by atoms with van der Waals surface area (Å²) in [5.41, 5.74) is -0.774. The van der Waals surface area contributed by atoms with Gasteiger partial charge in [0, 0.05) is 6.20 Å². The number of rotatable bonds is 1. The standard InChI is InChI=1S/C6H4BF3NO2/c8-7(9,10)4-1-5-6(11-2-4)13-3-12-5/h1-2H,3H2/q-1. The first-order chi connectivity index (χ1) is 6.07. The summed E-state index contributed by atoms with van der Waals surface area (Å²) in [6, 6.07) is 0.898. The van der Waals surface area contributed by atoms with E-state index in [1.807, 2.05) is 0 Å². The van der Waals surface area contributed by atoms with Gasteiger partial charge in [0.05, 0.1) is 0 Å². The Kier molecular flexibility index (Phi) is 1.61. The van der Waals surface area contributed by atoms with Crippen molar-refractivity contribution in [1.29, 1.82) is 0 Å². The van der Waals surface area contributed by atoms with Crippen LogP contribution in [0.1, 0.15) is 0 Å². The number of ether oxygens (including phenoxy) is 2. The van der Waals surface area contributed by atoms with Crippen LogP contribution in [0, 0.1) is 0 Å². The second kappa shape index (κ2) is 2.55. The van der Waals surface area contributed by atoms with Crippen LogP contribution in [0.25, 0.3) is 0 Å². The zero-order valence-electron chi connectivity index (χ0n) is 6.34. The van der Waals surface area contributed by atoms with E-state index in [0.29, 0.717) is 0 Å². The number of hydrogen-bond acceptors (Lipinski definition) is 3. The van der Waals surface area contributed by atoms with Gasteiger partial charge in [-0.25, -0.2) is 4.98 Å². The molecule has 0 unspecified atom stereocenters. The number of hydrogen-bond donors (Lipinski definition) is 0. The van der Waals surface area contributed by atoms with E-state index in [9.17, 15) is 12.9 Å². The molecule has 0 aromatic carbocycles. The van der Waals surface area contributed by atoms with Gasteiger partial charge in [-0.3, -0.25) is 0 Å². The summed E-state index contributed by atoms with van der Waals surface area (Å²) in [6.07, 6.45) is 0.744. The Balaban J connectivity index is 2.42. The molecule has 0 saturated heterocycles. The highest BCUT2D eigenvalue weighted by Gasteiger charge is 2.28. The summed E-state index contributed by atoms with van der Waals surface area (Å²) in [5, 5.41) is 0. The molecule has 0 saturated carbocycles. The maximum absolute atomic E-state index is 12.2. The third-order valence-electron chi connectivity index (χ3n) is 1.63. The molecule has 1 aromatic rings.